The van der Waals surface area contributed by atoms with E-state index in [2.05, 4.69) is 41.1 Å². The number of benzene rings is 1. The maximum Gasteiger partial charge on any atom is 0.130 e. The molecule has 0 aliphatic carbocycles. The van der Waals surface area contributed by atoms with Crippen LogP contribution in [0.3, 0.4) is 0 Å². The van der Waals surface area contributed by atoms with Crippen LogP contribution in [0.25, 0.3) is 0 Å². The monoisotopic (exact) mass is 294 g/mol. The summed E-state index contributed by atoms with van der Waals surface area (Å²) in [6.07, 6.45) is 1.75. The molecule has 2 nitrogen and oxygen atoms in total. The van der Waals surface area contributed by atoms with E-state index in [1.807, 2.05) is 6.07 Å². The molecule has 0 aliphatic rings. The van der Waals surface area contributed by atoms with Crippen molar-refractivity contribution in [3.63, 3.8) is 0 Å². The van der Waals surface area contributed by atoms with E-state index in [1.54, 1.807) is 12.3 Å². The fraction of sp³-hybridized carbons (Fsp3) is 0.267. The summed E-state index contributed by atoms with van der Waals surface area (Å²) in [6.45, 7) is 4.76. The van der Waals surface area contributed by atoms with Gasteiger partial charge in [-0.25, -0.2) is 4.98 Å². The molecule has 0 atom stereocenters. The van der Waals surface area contributed by atoms with Gasteiger partial charge in [0.05, 0.1) is 0 Å². The van der Waals surface area contributed by atoms with Crippen LogP contribution in [0.2, 0.25) is 10.2 Å². The zero-order valence-electron chi connectivity index (χ0n) is 10.8. The fourth-order valence-corrected chi connectivity index (χ4v) is 2.34. The largest absolute Gasteiger partial charge is 0.295 e. The molecule has 4 heteroatoms. The van der Waals surface area contributed by atoms with Gasteiger partial charge in [0.2, 0.25) is 0 Å². The molecule has 0 bridgehead atoms. The van der Waals surface area contributed by atoms with Gasteiger partial charge in [-0.1, -0.05) is 60.5 Å². The summed E-state index contributed by atoms with van der Waals surface area (Å²) in [4.78, 5) is 6.40. The zero-order chi connectivity index (χ0) is 13.7. The Morgan fingerprint density at radius 1 is 1.11 bits per heavy atom. The summed E-state index contributed by atoms with van der Waals surface area (Å²) in [7, 11) is 0. The van der Waals surface area contributed by atoms with Gasteiger partial charge in [-0.3, -0.25) is 4.90 Å². The van der Waals surface area contributed by atoms with Crippen molar-refractivity contribution < 1.29 is 0 Å². The number of aromatic nitrogens is 1. The standard InChI is InChI=1S/C15H16Cl2N2/c1-2-19(10-12-6-4-3-5-7-12)11-13-9-18-15(17)8-14(13)16/h3-9H,2,10-11H2,1H3. The molecule has 1 aromatic carbocycles. The predicted octanol–water partition coefficient (Wildman–Crippen LogP) is 4.41. The molecule has 0 saturated heterocycles. The summed E-state index contributed by atoms with van der Waals surface area (Å²) < 4.78 is 0. The second-order valence-electron chi connectivity index (χ2n) is 4.39. The van der Waals surface area contributed by atoms with E-state index < -0.39 is 0 Å². The van der Waals surface area contributed by atoms with Gasteiger partial charge in [0.1, 0.15) is 5.15 Å². The Labute approximate surface area is 124 Å². The van der Waals surface area contributed by atoms with E-state index in [0.717, 1.165) is 25.2 Å². The quantitative estimate of drug-likeness (QED) is 0.759. The van der Waals surface area contributed by atoms with Crippen LogP contribution in [0.5, 0.6) is 0 Å². The molecule has 19 heavy (non-hydrogen) atoms. The van der Waals surface area contributed by atoms with E-state index in [-0.39, 0.29) is 0 Å². The molecule has 0 aliphatic heterocycles. The number of hydrogen-bond donors (Lipinski definition) is 0. The Balaban J connectivity index is 2.06. The minimum atomic E-state index is 0.430. The number of rotatable bonds is 5. The maximum atomic E-state index is 6.18. The Bertz CT molecular complexity index is 529. The van der Waals surface area contributed by atoms with E-state index in [4.69, 9.17) is 23.2 Å². The van der Waals surface area contributed by atoms with Gasteiger partial charge in [-0.05, 0) is 18.2 Å². The van der Waals surface area contributed by atoms with Crippen molar-refractivity contribution in [3.05, 3.63) is 63.9 Å². The van der Waals surface area contributed by atoms with Crippen molar-refractivity contribution in [3.8, 4) is 0 Å². The van der Waals surface area contributed by atoms with E-state index in [0.29, 0.717) is 10.2 Å². The Morgan fingerprint density at radius 2 is 1.84 bits per heavy atom. The third-order valence-electron chi connectivity index (χ3n) is 2.99. The van der Waals surface area contributed by atoms with Crippen LogP contribution in [0.15, 0.2) is 42.6 Å². The van der Waals surface area contributed by atoms with Crippen LogP contribution in [0.4, 0.5) is 0 Å². The van der Waals surface area contributed by atoms with Gasteiger partial charge in [0.15, 0.2) is 0 Å². The molecule has 1 aromatic heterocycles. The summed E-state index contributed by atoms with van der Waals surface area (Å²) in [6, 6.07) is 12.1. The lowest BCUT2D eigenvalue weighted by Crippen LogP contribution is -2.22. The Hall–Kier alpha value is -1.09. The number of hydrogen-bond acceptors (Lipinski definition) is 2. The highest BCUT2D eigenvalue weighted by atomic mass is 35.5. The average Bonchev–Trinajstić information content (AvgIpc) is 2.42. The molecule has 0 fully saturated rings. The first-order valence-corrected chi connectivity index (χ1v) is 7.01. The topological polar surface area (TPSA) is 16.1 Å². The third kappa shape index (κ3) is 4.20. The molecule has 2 rings (SSSR count). The highest BCUT2D eigenvalue weighted by Gasteiger charge is 2.08. The van der Waals surface area contributed by atoms with E-state index in [9.17, 15) is 0 Å². The zero-order valence-corrected chi connectivity index (χ0v) is 12.3. The Kier molecular flexibility index (Phi) is 5.20. The second-order valence-corrected chi connectivity index (χ2v) is 5.18. The van der Waals surface area contributed by atoms with Crippen LogP contribution in [-0.2, 0) is 13.1 Å². The van der Waals surface area contributed by atoms with E-state index >= 15 is 0 Å². The first kappa shape index (κ1) is 14.3. The molecule has 0 unspecified atom stereocenters. The van der Waals surface area contributed by atoms with Crippen LogP contribution in [-0.4, -0.2) is 16.4 Å². The molecular formula is C15H16Cl2N2. The van der Waals surface area contributed by atoms with Crippen molar-refractivity contribution in [2.75, 3.05) is 6.54 Å². The lowest BCUT2D eigenvalue weighted by Gasteiger charge is -2.21. The molecule has 0 radical (unpaired) electrons. The lowest BCUT2D eigenvalue weighted by atomic mass is 10.2. The molecule has 100 valence electrons. The van der Waals surface area contributed by atoms with Crippen molar-refractivity contribution in [1.29, 1.82) is 0 Å². The normalized spacial score (nSPS) is 10.9. The number of halogens is 2. The number of nitrogens with zero attached hydrogens (tertiary/aromatic N) is 2. The van der Waals surface area contributed by atoms with Crippen LogP contribution < -0.4 is 0 Å². The van der Waals surface area contributed by atoms with Gasteiger partial charge < -0.3 is 0 Å². The predicted molar refractivity (Wildman–Crippen MR) is 80.5 cm³/mol. The second kappa shape index (κ2) is 6.90. The molecule has 1 heterocycles. The highest BCUT2D eigenvalue weighted by molar-refractivity contribution is 6.34. The maximum absolute atomic E-state index is 6.18. The molecular weight excluding hydrogens is 279 g/mol. The SMILES string of the molecule is CCN(Cc1ccccc1)Cc1cnc(Cl)cc1Cl. The van der Waals surface area contributed by atoms with Gasteiger partial charge in [-0.15, -0.1) is 0 Å². The first-order chi connectivity index (χ1) is 9.19. The Morgan fingerprint density at radius 3 is 2.47 bits per heavy atom. The van der Waals surface area contributed by atoms with Crippen LogP contribution >= 0.6 is 23.2 Å². The summed E-state index contributed by atoms with van der Waals surface area (Å²) >= 11 is 12.0. The molecule has 0 amide bonds. The van der Waals surface area contributed by atoms with Gasteiger partial charge in [0, 0.05) is 29.9 Å². The van der Waals surface area contributed by atoms with E-state index in [1.165, 1.54) is 5.56 Å². The molecule has 2 aromatic rings. The van der Waals surface area contributed by atoms with Crippen LogP contribution in [0, 0.1) is 0 Å². The van der Waals surface area contributed by atoms with Crippen LogP contribution in [0.1, 0.15) is 18.1 Å². The summed E-state index contributed by atoms with van der Waals surface area (Å²) in [5, 5.41) is 1.10. The summed E-state index contributed by atoms with van der Waals surface area (Å²) in [5.74, 6) is 0. The van der Waals surface area contributed by atoms with Gasteiger partial charge >= 0.3 is 0 Å². The van der Waals surface area contributed by atoms with Crippen molar-refractivity contribution >= 4 is 23.2 Å². The van der Waals surface area contributed by atoms with Crippen molar-refractivity contribution in [1.82, 2.24) is 9.88 Å². The third-order valence-corrected chi connectivity index (χ3v) is 3.55. The molecule has 0 spiro atoms. The smallest absolute Gasteiger partial charge is 0.130 e. The van der Waals surface area contributed by atoms with Crippen molar-refractivity contribution in [2.45, 2.75) is 20.0 Å². The minimum absolute atomic E-state index is 0.430. The minimum Gasteiger partial charge on any atom is -0.295 e. The van der Waals surface area contributed by atoms with Crippen molar-refractivity contribution in [2.24, 2.45) is 0 Å². The highest BCUT2D eigenvalue weighted by Crippen LogP contribution is 2.20. The van der Waals surface area contributed by atoms with Gasteiger partial charge in [-0.2, -0.15) is 0 Å². The lowest BCUT2D eigenvalue weighted by molar-refractivity contribution is 0.271. The fourth-order valence-electron chi connectivity index (χ4n) is 1.91. The van der Waals surface area contributed by atoms with Gasteiger partial charge in [0.25, 0.3) is 0 Å². The molecule has 0 saturated carbocycles. The average molecular weight is 295 g/mol. The molecule has 0 N–H and O–H groups in total. The first-order valence-electron chi connectivity index (χ1n) is 6.25. The summed E-state index contributed by atoms with van der Waals surface area (Å²) in [5.41, 5.74) is 2.30. The number of pyridine rings is 1.